The number of aromatic nitrogens is 2. The molecule has 3 heterocycles. The van der Waals surface area contributed by atoms with E-state index in [-0.39, 0.29) is 11.9 Å². The number of benzene rings is 1. The molecule has 0 saturated carbocycles. The first kappa shape index (κ1) is 16.3. The van der Waals surface area contributed by atoms with Crippen molar-refractivity contribution >= 4 is 28.3 Å². The Morgan fingerprint density at radius 3 is 2.76 bits per heavy atom. The van der Waals surface area contributed by atoms with Gasteiger partial charge in [0.1, 0.15) is 17.3 Å². The summed E-state index contributed by atoms with van der Waals surface area (Å²) in [6.07, 6.45) is 0.503. The number of aliphatic hydroxyl groups excluding tert-OH is 1. The Kier molecular flexibility index (Phi) is 4.57. The van der Waals surface area contributed by atoms with Gasteiger partial charge in [-0.25, -0.2) is 4.98 Å². The number of hydrogen-bond donors (Lipinski definition) is 1. The van der Waals surface area contributed by atoms with Crippen molar-refractivity contribution in [2.24, 2.45) is 0 Å². The second-order valence-electron chi connectivity index (χ2n) is 5.89. The Morgan fingerprint density at radius 2 is 1.96 bits per heavy atom. The van der Waals surface area contributed by atoms with Crippen LogP contribution >= 0.6 is 11.6 Å². The molecule has 1 aliphatic heterocycles. The predicted molar refractivity (Wildman–Crippen MR) is 96.1 cm³/mol. The molecule has 130 valence electrons. The van der Waals surface area contributed by atoms with Gasteiger partial charge in [0.2, 0.25) is 5.28 Å². The van der Waals surface area contributed by atoms with E-state index in [9.17, 15) is 0 Å². The zero-order valence-corrected chi connectivity index (χ0v) is 14.4. The molecule has 1 N–H and O–H groups in total. The highest BCUT2D eigenvalue weighted by molar-refractivity contribution is 6.28. The van der Waals surface area contributed by atoms with Crippen LogP contribution in [0.15, 0.2) is 34.7 Å². The van der Waals surface area contributed by atoms with Crippen LogP contribution in [0.5, 0.6) is 0 Å². The number of fused-ring (bicyclic) bond motifs is 1. The largest absolute Gasteiger partial charge is 0.461 e. The van der Waals surface area contributed by atoms with Crippen LogP contribution in [0.3, 0.4) is 0 Å². The topological polar surface area (TPSA) is 71.6 Å². The number of anilines is 1. The molecule has 1 saturated heterocycles. The zero-order valence-electron chi connectivity index (χ0n) is 13.6. The maximum atomic E-state index is 9.02. The number of hydrogen-bond acceptors (Lipinski definition) is 6. The van der Waals surface area contributed by atoms with E-state index in [1.807, 2.05) is 30.3 Å². The predicted octanol–water partition coefficient (Wildman–Crippen LogP) is 2.91. The van der Waals surface area contributed by atoms with Crippen molar-refractivity contribution in [3.8, 4) is 11.3 Å². The van der Waals surface area contributed by atoms with Crippen LogP contribution < -0.4 is 4.90 Å². The standard InChI is InChI=1S/C18H18ClN3O3/c19-18-20-15-11-12(16-4-2-13(25-16)5-8-23)1-3-14(15)17(21-18)22-6-9-24-10-7-22/h1-4,11,23H,5-10H2. The SMILES string of the molecule is OCCc1ccc(-c2ccc3c(N4CCOCC4)nc(Cl)nc3c2)o1. The highest BCUT2D eigenvalue weighted by Gasteiger charge is 2.17. The fourth-order valence-electron chi connectivity index (χ4n) is 3.03. The van der Waals surface area contributed by atoms with Crippen molar-refractivity contribution in [3.63, 3.8) is 0 Å². The van der Waals surface area contributed by atoms with Crippen LogP contribution in [-0.4, -0.2) is 48.0 Å². The molecule has 0 radical (unpaired) electrons. The van der Waals surface area contributed by atoms with Gasteiger partial charge in [-0.1, -0.05) is 6.07 Å². The number of nitrogens with zero attached hydrogens (tertiary/aromatic N) is 3. The van der Waals surface area contributed by atoms with Gasteiger partial charge in [-0.2, -0.15) is 4.98 Å². The van der Waals surface area contributed by atoms with Crippen LogP contribution in [0.4, 0.5) is 5.82 Å². The molecule has 0 bridgehead atoms. The van der Waals surface area contributed by atoms with Crippen molar-refractivity contribution in [1.29, 1.82) is 0 Å². The summed E-state index contributed by atoms with van der Waals surface area (Å²) in [7, 11) is 0. The molecular weight excluding hydrogens is 342 g/mol. The van der Waals surface area contributed by atoms with Gasteiger partial charge in [-0.3, -0.25) is 0 Å². The summed E-state index contributed by atoms with van der Waals surface area (Å²) in [4.78, 5) is 11.0. The van der Waals surface area contributed by atoms with Crippen LogP contribution in [0, 0.1) is 0 Å². The molecule has 0 amide bonds. The van der Waals surface area contributed by atoms with E-state index in [0.29, 0.717) is 19.6 Å². The van der Waals surface area contributed by atoms with Crippen LogP contribution in [0.1, 0.15) is 5.76 Å². The molecule has 7 heteroatoms. The van der Waals surface area contributed by atoms with Gasteiger partial charge in [-0.15, -0.1) is 0 Å². The quantitative estimate of drug-likeness (QED) is 0.722. The summed E-state index contributed by atoms with van der Waals surface area (Å²) in [5, 5.41) is 10.2. The third-order valence-corrected chi connectivity index (χ3v) is 4.43. The average Bonchev–Trinajstić information content (AvgIpc) is 3.10. The molecule has 25 heavy (non-hydrogen) atoms. The van der Waals surface area contributed by atoms with E-state index < -0.39 is 0 Å². The van der Waals surface area contributed by atoms with E-state index in [1.165, 1.54) is 0 Å². The Bertz CT molecular complexity index is 890. The number of furan rings is 1. The number of aliphatic hydroxyl groups is 1. The molecule has 0 spiro atoms. The van der Waals surface area contributed by atoms with Crippen molar-refractivity contribution < 1.29 is 14.3 Å². The first-order chi connectivity index (χ1) is 12.2. The molecule has 4 rings (SSSR count). The maximum absolute atomic E-state index is 9.02. The zero-order chi connectivity index (χ0) is 17.2. The third-order valence-electron chi connectivity index (χ3n) is 4.26. The van der Waals surface area contributed by atoms with Crippen molar-refractivity contribution in [3.05, 3.63) is 41.4 Å². The lowest BCUT2D eigenvalue weighted by molar-refractivity contribution is 0.122. The fraction of sp³-hybridized carbons (Fsp3) is 0.333. The minimum absolute atomic E-state index is 0.0659. The highest BCUT2D eigenvalue weighted by atomic mass is 35.5. The van der Waals surface area contributed by atoms with Crippen molar-refractivity contribution in [2.45, 2.75) is 6.42 Å². The number of ether oxygens (including phenoxy) is 1. The maximum Gasteiger partial charge on any atom is 0.224 e. The molecule has 1 aliphatic rings. The normalized spacial score (nSPS) is 15.0. The monoisotopic (exact) mass is 359 g/mol. The molecule has 1 aromatic carbocycles. The smallest absolute Gasteiger partial charge is 0.224 e. The number of rotatable bonds is 4. The first-order valence-electron chi connectivity index (χ1n) is 8.24. The molecular formula is C18H18ClN3O3. The Hall–Kier alpha value is -2.15. The highest BCUT2D eigenvalue weighted by Crippen LogP contribution is 2.31. The van der Waals surface area contributed by atoms with Gasteiger partial charge in [0, 0.05) is 30.5 Å². The lowest BCUT2D eigenvalue weighted by Gasteiger charge is -2.28. The summed E-state index contributed by atoms with van der Waals surface area (Å²) < 4.78 is 11.2. The summed E-state index contributed by atoms with van der Waals surface area (Å²) in [6.45, 7) is 3.00. The number of halogens is 1. The minimum Gasteiger partial charge on any atom is -0.461 e. The molecule has 2 aromatic heterocycles. The second-order valence-corrected chi connectivity index (χ2v) is 6.23. The number of morpholine rings is 1. The lowest BCUT2D eigenvalue weighted by Crippen LogP contribution is -2.37. The van der Waals surface area contributed by atoms with Gasteiger partial charge in [0.25, 0.3) is 0 Å². The molecule has 0 atom stereocenters. The molecule has 0 unspecified atom stereocenters. The van der Waals surface area contributed by atoms with Gasteiger partial charge in [0.05, 0.1) is 25.3 Å². The minimum atomic E-state index is 0.0659. The fourth-order valence-corrected chi connectivity index (χ4v) is 3.20. The van der Waals surface area contributed by atoms with E-state index in [4.69, 9.17) is 25.9 Å². The van der Waals surface area contributed by atoms with Gasteiger partial charge in [-0.05, 0) is 35.9 Å². The lowest BCUT2D eigenvalue weighted by atomic mass is 10.1. The average molecular weight is 360 g/mol. The van der Waals surface area contributed by atoms with Gasteiger partial charge >= 0.3 is 0 Å². The summed E-state index contributed by atoms with van der Waals surface area (Å²) >= 11 is 6.16. The van der Waals surface area contributed by atoms with E-state index in [1.54, 1.807) is 0 Å². The van der Waals surface area contributed by atoms with Crippen LogP contribution in [-0.2, 0) is 11.2 Å². The van der Waals surface area contributed by atoms with Gasteiger partial charge in [0.15, 0.2) is 0 Å². The Balaban J connectivity index is 1.75. The molecule has 0 aliphatic carbocycles. The van der Waals surface area contributed by atoms with E-state index >= 15 is 0 Å². The van der Waals surface area contributed by atoms with Crippen molar-refractivity contribution in [2.75, 3.05) is 37.8 Å². The summed E-state index contributed by atoms with van der Waals surface area (Å²) in [6, 6.07) is 9.72. The summed E-state index contributed by atoms with van der Waals surface area (Å²) in [5.74, 6) is 2.34. The van der Waals surface area contributed by atoms with Crippen LogP contribution in [0.25, 0.3) is 22.2 Å². The Labute approximate surface area is 150 Å². The molecule has 6 nitrogen and oxygen atoms in total. The molecule has 3 aromatic rings. The van der Waals surface area contributed by atoms with Crippen LogP contribution in [0.2, 0.25) is 5.28 Å². The van der Waals surface area contributed by atoms with E-state index in [0.717, 1.165) is 46.9 Å². The first-order valence-corrected chi connectivity index (χ1v) is 8.62. The molecule has 1 fully saturated rings. The Morgan fingerprint density at radius 1 is 1.12 bits per heavy atom. The van der Waals surface area contributed by atoms with Crippen molar-refractivity contribution in [1.82, 2.24) is 9.97 Å². The van der Waals surface area contributed by atoms with E-state index in [2.05, 4.69) is 14.9 Å². The third kappa shape index (κ3) is 3.33. The van der Waals surface area contributed by atoms with Gasteiger partial charge < -0.3 is 19.2 Å². The summed E-state index contributed by atoms with van der Waals surface area (Å²) in [5.41, 5.74) is 1.69. The second kappa shape index (κ2) is 7.00.